The molecule has 0 saturated heterocycles. The van der Waals surface area contributed by atoms with E-state index in [1.54, 1.807) is 6.92 Å². The third-order valence-corrected chi connectivity index (χ3v) is 8.73. The Morgan fingerprint density at radius 1 is 1.18 bits per heavy atom. The van der Waals surface area contributed by atoms with Crippen molar-refractivity contribution in [3.05, 3.63) is 70.1 Å². The Hall–Kier alpha value is -4.37. The minimum absolute atomic E-state index is 0.0289. The zero-order valence-electron chi connectivity index (χ0n) is 23.5. The topological polar surface area (TPSA) is 137 Å². The molecule has 1 saturated carbocycles. The normalized spacial score (nSPS) is 19.1. The standard InChI is InChI=1S/C30H25F5N4O5S/c1-14-38-24-20(44-18-6-7-18)8-16(9-21(24)45-14)26(40)37-12-29(42,30(33,34)35)22-10-19-25(43-13-28(19,11-31)27(36)41)23(39-22)15-2-4-17(32)5-3-15/h2-5,8-10,18,42H,6-7,11-13H2,1H3,(H2,36,41)(H,37,40)/t28-,29-/m0/s1. The number of aliphatic hydroxyl groups is 1. The molecule has 2 amide bonds. The molecule has 1 aliphatic carbocycles. The molecule has 0 bridgehead atoms. The number of carbonyl (C=O) groups excluding carboxylic acids is 2. The number of thiazole rings is 1. The number of aromatic nitrogens is 2. The number of nitrogens with one attached hydrogen (secondary N) is 1. The van der Waals surface area contributed by atoms with E-state index in [0.717, 1.165) is 25.0 Å². The molecule has 0 radical (unpaired) electrons. The molecule has 1 aliphatic heterocycles. The van der Waals surface area contributed by atoms with Crippen LogP contribution in [0, 0.1) is 12.7 Å². The second-order valence-electron chi connectivity index (χ2n) is 11.0. The van der Waals surface area contributed by atoms with E-state index in [1.165, 1.54) is 35.6 Å². The fourth-order valence-electron chi connectivity index (χ4n) is 5.05. The molecule has 4 N–H and O–H groups in total. The van der Waals surface area contributed by atoms with Crippen molar-refractivity contribution >= 4 is 33.4 Å². The van der Waals surface area contributed by atoms with Crippen molar-refractivity contribution in [2.24, 2.45) is 5.73 Å². The third-order valence-electron chi connectivity index (χ3n) is 7.81. The molecular weight excluding hydrogens is 623 g/mol. The first kappa shape index (κ1) is 30.6. The number of amides is 2. The molecule has 2 aromatic heterocycles. The fraction of sp³-hybridized carbons (Fsp3) is 0.333. The first-order valence-corrected chi connectivity index (χ1v) is 14.5. The van der Waals surface area contributed by atoms with Gasteiger partial charge < -0.3 is 25.6 Å². The van der Waals surface area contributed by atoms with Crippen LogP contribution in [0.5, 0.6) is 11.5 Å². The van der Waals surface area contributed by atoms with Crippen molar-refractivity contribution in [1.29, 1.82) is 0 Å². The molecular formula is C30H25F5N4O5S. The molecule has 0 spiro atoms. The van der Waals surface area contributed by atoms with E-state index in [0.29, 0.717) is 27.0 Å². The second kappa shape index (κ2) is 10.9. The van der Waals surface area contributed by atoms with Gasteiger partial charge in [-0.05, 0) is 62.2 Å². The Morgan fingerprint density at radius 3 is 2.51 bits per heavy atom. The average Bonchev–Trinajstić information content (AvgIpc) is 3.59. The van der Waals surface area contributed by atoms with Gasteiger partial charge >= 0.3 is 6.18 Å². The predicted molar refractivity (Wildman–Crippen MR) is 152 cm³/mol. The summed E-state index contributed by atoms with van der Waals surface area (Å²) in [6.07, 6.45) is -3.85. The lowest BCUT2D eigenvalue weighted by atomic mass is 9.81. The lowest BCUT2D eigenvalue weighted by Gasteiger charge is -2.31. The van der Waals surface area contributed by atoms with Gasteiger partial charge in [-0.3, -0.25) is 9.59 Å². The summed E-state index contributed by atoms with van der Waals surface area (Å²) in [7, 11) is 0. The molecule has 4 aromatic rings. The molecule has 3 heterocycles. The highest BCUT2D eigenvalue weighted by Gasteiger charge is 2.58. The van der Waals surface area contributed by atoms with E-state index in [1.807, 2.05) is 0 Å². The minimum Gasteiger partial charge on any atom is -0.489 e. The van der Waals surface area contributed by atoms with E-state index < -0.39 is 60.3 Å². The lowest BCUT2D eigenvalue weighted by molar-refractivity contribution is -0.265. The van der Waals surface area contributed by atoms with E-state index in [-0.39, 0.29) is 34.2 Å². The number of aryl methyl sites for hydroxylation is 1. The van der Waals surface area contributed by atoms with Crippen molar-refractivity contribution in [2.45, 2.75) is 43.1 Å². The number of pyridine rings is 1. The first-order valence-electron chi connectivity index (χ1n) is 13.7. The van der Waals surface area contributed by atoms with Crippen LogP contribution in [-0.4, -0.2) is 59.0 Å². The number of rotatable bonds is 9. The maximum absolute atomic E-state index is 14.7. The van der Waals surface area contributed by atoms with E-state index in [2.05, 4.69) is 15.3 Å². The number of nitrogens with two attached hydrogens (primary N) is 1. The van der Waals surface area contributed by atoms with Crippen molar-refractivity contribution in [3.8, 4) is 22.8 Å². The van der Waals surface area contributed by atoms with E-state index >= 15 is 0 Å². The van der Waals surface area contributed by atoms with Gasteiger partial charge in [0, 0.05) is 16.7 Å². The van der Waals surface area contributed by atoms with Gasteiger partial charge in [-0.2, -0.15) is 13.2 Å². The number of carbonyl (C=O) groups is 2. The van der Waals surface area contributed by atoms with Crippen LogP contribution in [0.25, 0.3) is 21.5 Å². The van der Waals surface area contributed by atoms with Crippen molar-refractivity contribution in [1.82, 2.24) is 15.3 Å². The Kier molecular flexibility index (Phi) is 7.43. The molecule has 1 fully saturated rings. The number of ether oxygens (including phenoxy) is 2. The van der Waals surface area contributed by atoms with Crippen LogP contribution in [0.1, 0.15) is 39.5 Å². The molecule has 15 heteroatoms. The van der Waals surface area contributed by atoms with Gasteiger partial charge in [0.05, 0.1) is 28.1 Å². The maximum atomic E-state index is 14.7. The van der Waals surface area contributed by atoms with Gasteiger partial charge in [-0.25, -0.2) is 18.7 Å². The van der Waals surface area contributed by atoms with Crippen LogP contribution in [0.4, 0.5) is 22.0 Å². The highest BCUT2D eigenvalue weighted by atomic mass is 32.1. The Labute approximate surface area is 256 Å². The highest BCUT2D eigenvalue weighted by Crippen LogP contribution is 2.48. The van der Waals surface area contributed by atoms with Crippen molar-refractivity contribution in [3.63, 3.8) is 0 Å². The number of alkyl halides is 4. The minimum atomic E-state index is -5.44. The van der Waals surface area contributed by atoms with Crippen LogP contribution in [0.15, 0.2) is 42.5 Å². The second-order valence-corrected chi connectivity index (χ2v) is 12.3. The molecule has 2 atom stereocenters. The molecule has 236 valence electrons. The van der Waals surface area contributed by atoms with E-state index in [9.17, 15) is 36.6 Å². The molecule has 2 aromatic carbocycles. The summed E-state index contributed by atoms with van der Waals surface area (Å²) in [5.74, 6) is -2.76. The lowest BCUT2D eigenvalue weighted by Crippen LogP contribution is -2.52. The van der Waals surface area contributed by atoms with Gasteiger partial charge in [0.15, 0.2) is 0 Å². The van der Waals surface area contributed by atoms with Gasteiger partial charge in [-0.1, -0.05) is 0 Å². The van der Waals surface area contributed by atoms with Crippen LogP contribution < -0.4 is 20.5 Å². The number of nitrogens with zero attached hydrogens (tertiary/aromatic N) is 2. The summed E-state index contributed by atoms with van der Waals surface area (Å²) in [5.41, 5.74) is -1.75. The monoisotopic (exact) mass is 648 g/mol. The van der Waals surface area contributed by atoms with Crippen LogP contribution >= 0.6 is 11.3 Å². The Balaban J connectivity index is 1.41. The Morgan fingerprint density at radius 2 is 1.89 bits per heavy atom. The summed E-state index contributed by atoms with van der Waals surface area (Å²) in [6.45, 7) is -1.71. The summed E-state index contributed by atoms with van der Waals surface area (Å²) in [6, 6.07) is 7.95. The zero-order chi connectivity index (χ0) is 32.3. The van der Waals surface area contributed by atoms with Crippen LogP contribution in [0.3, 0.4) is 0 Å². The molecule has 0 unspecified atom stereocenters. The van der Waals surface area contributed by atoms with Crippen LogP contribution in [-0.2, 0) is 15.8 Å². The molecule has 6 rings (SSSR count). The van der Waals surface area contributed by atoms with Gasteiger partial charge in [-0.15, -0.1) is 11.3 Å². The number of hydrogen-bond acceptors (Lipinski definition) is 8. The zero-order valence-corrected chi connectivity index (χ0v) is 24.3. The number of fused-ring (bicyclic) bond motifs is 2. The van der Waals surface area contributed by atoms with Gasteiger partial charge in [0.25, 0.3) is 5.91 Å². The maximum Gasteiger partial charge on any atom is 0.424 e. The Bertz CT molecular complexity index is 1830. The third kappa shape index (κ3) is 5.33. The summed E-state index contributed by atoms with van der Waals surface area (Å²) < 4.78 is 84.2. The fourth-order valence-corrected chi connectivity index (χ4v) is 5.93. The van der Waals surface area contributed by atoms with Gasteiger partial charge in [0.2, 0.25) is 11.5 Å². The van der Waals surface area contributed by atoms with Gasteiger partial charge in [0.1, 0.15) is 47.2 Å². The first-order chi connectivity index (χ1) is 21.3. The smallest absolute Gasteiger partial charge is 0.424 e. The van der Waals surface area contributed by atoms with E-state index in [4.69, 9.17) is 15.2 Å². The predicted octanol–water partition coefficient (Wildman–Crippen LogP) is 4.61. The molecule has 2 aliphatic rings. The number of primary amides is 1. The molecule has 45 heavy (non-hydrogen) atoms. The SMILES string of the molecule is Cc1nc2c(OC3CC3)cc(C(=O)NC[C@](O)(c3cc4c(c(-c5ccc(F)cc5)n3)OC[C@]4(CF)C(N)=O)C(F)(F)F)cc2s1. The largest absolute Gasteiger partial charge is 0.489 e. The van der Waals surface area contributed by atoms with Crippen molar-refractivity contribution < 1.29 is 46.1 Å². The highest BCUT2D eigenvalue weighted by molar-refractivity contribution is 7.18. The summed E-state index contributed by atoms with van der Waals surface area (Å²) in [4.78, 5) is 34.1. The summed E-state index contributed by atoms with van der Waals surface area (Å²) in [5, 5.41) is 14.1. The quantitative estimate of drug-likeness (QED) is 0.226. The number of halogens is 5. The van der Waals surface area contributed by atoms with Crippen LogP contribution in [0.2, 0.25) is 0 Å². The van der Waals surface area contributed by atoms with Crippen molar-refractivity contribution in [2.75, 3.05) is 19.8 Å². The molecule has 9 nitrogen and oxygen atoms in total. The summed E-state index contributed by atoms with van der Waals surface area (Å²) >= 11 is 1.27. The average molecular weight is 649 g/mol. The number of hydrogen-bond donors (Lipinski definition) is 3. The number of benzene rings is 2.